The van der Waals surface area contributed by atoms with Gasteiger partial charge in [0.15, 0.2) is 5.78 Å². The van der Waals surface area contributed by atoms with Crippen molar-refractivity contribution in [1.29, 1.82) is 5.26 Å². The standard InChI is InChI=1S/C11H11NOS/c1-8-3-5-10(6-4-8)11(13)9(2)14-7-12/h3-6,9H,1-2H3. The molecule has 72 valence electrons. The summed E-state index contributed by atoms with van der Waals surface area (Å²) < 4.78 is 0. The minimum Gasteiger partial charge on any atom is -0.293 e. The van der Waals surface area contributed by atoms with Crippen LogP contribution in [0.5, 0.6) is 0 Å². The van der Waals surface area contributed by atoms with Crippen molar-refractivity contribution in [3.8, 4) is 5.40 Å². The number of nitrogens with zero attached hydrogens (tertiary/aromatic N) is 1. The van der Waals surface area contributed by atoms with Crippen molar-refractivity contribution in [2.75, 3.05) is 0 Å². The van der Waals surface area contributed by atoms with Crippen LogP contribution < -0.4 is 0 Å². The SMILES string of the molecule is Cc1ccc(C(=O)C(C)SC#N)cc1. The van der Waals surface area contributed by atoms with Crippen LogP contribution in [0.4, 0.5) is 0 Å². The highest BCUT2D eigenvalue weighted by atomic mass is 32.2. The van der Waals surface area contributed by atoms with Crippen LogP contribution >= 0.6 is 11.8 Å². The van der Waals surface area contributed by atoms with Gasteiger partial charge in [0.05, 0.1) is 5.25 Å². The molecular formula is C11H11NOS. The highest BCUT2D eigenvalue weighted by molar-refractivity contribution is 8.04. The number of rotatable bonds is 3. The fraction of sp³-hybridized carbons (Fsp3) is 0.273. The minimum atomic E-state index is -0.289. The zero-order valence-corrected chi connectivity index (χ0v) is 8.97. The van der Waals surface area contributed by atoms with Crippen molar-refractivity contribution >= 4 is 17.5 Å². The Labute approximate surface area is 87.9 Å². The fourth-order valence-electron chi connectivity index (χ4n) is 1.09. The van der Waals surface area contributed by atoms with E-state index in [0.717, 1.165) is 17.3 Å². The molecule has 0 spiro atoms. The lowest BCUT2D eigenvalue weighted by Crippen LogP contribution is -2.12. The molecule has 0 aliphatic carbocycles. The van der Waals surface area contributed by atoms with Gasteiger partial charge in [-0.2, -0.15) is 5.26 Å². The summed E-state index contributed by atoms with van der Waals surface area (Å²) in [6.07, 6.45) is 0. The van der Waals surface area contributed by atoms with Gasteiger partial charge in [-0.25, -0.2) is 0 Å². The number of Topliss-reactive ketones (excluding diaryl/α,β-unsaturated/α-hetero) is 1. The van der Waals surface area contributed by atoms with Gasteiger partial charge in [-0.15, -0.1) is 0 Å². The molecule has 0 aliphatic heterocycles. The first-order valence-corrected chi connectivity index (χ1v) is 5.18. The zero-order chi connectivity index (χ0) is 10.6. The topological polar surface area (TPSA) is 40.9 Å². The Balaban J connectivity index is 2.80. The Morgan fingerprint density at radius 2 is 2.00 bits per heavy atom. The predicted molar refractivity (Wildman–Crippen MR) is 58.2 cm³/mol. The van der Waals surface area contributed by atoms with Crippen molar-refractivity contribution in [2.45, 2.75) is 19.1 Å². The first kappa shape index (κ1) is 10.8. The molecule has 2 nitrogen and oxygen atoms in total. The number of aryl methyl sites for hydroxylation is 1. The number of thioether (sulfide) groups is 1. The molecule has 0 saturated carbocycles. The third-order valence-electron chi connectivity index (χ3n) is 1.93. The molecule has 3 heteroatoms. The summed E-state index contributed by atoms with van der Waals surface area (Å²) in [7, 11) is 0. The maximum absolute atomic E-state index is 11.7. The molecule has 1 aromatic carbocycles. The van der Waals surface area contributed by atoms with E-state index in [1.807, 2.05) is 24.5 Å². The van der Waals surface area contributed by atoms with Gasteiger partial charge in [0.2, 0.25) is 0 Å². The van der Waals surface area contributed by atoms with Crippen LogP contribution in [0.15, 0.2) is 24.3 Å². The maximum atomic E-state index is 11.7. The Morgan fingerprint density at radius 1 is 1.43 bits per heavy atom. The number of hydrogen-bond donors (Lipinski definition) is 0. The number of ketones is 1. The van der Waals surface area contributed by atoms with Crippen LogP contribution in [-0.2, 0) is 0 Å². The van der Waals surface area contributed by atoms with Gasteiger partial charge in [-0.05, 0) is 25.6 Å². The molecule has 0 aliphatic rings. The van der Waals surface area contributed by atoms with Crippen LogP contribution in [0.1, 0.15) is 22.8 Å². The fourth-order valence-corrected chi connectivity index (χ4v) is 1.49. The molecule has 0 saturated heterocycles. The van der Waals surface area contributed by atoms with Crippen molar-refractivity contribution in [1.82, 2.24) is 0 Å². The number of hydrogen-bond acceptors (Lipinski definition) is 3. The smallest absolute Gasteiger partial charge is 0.176 e. The lowest BCUT2D eigenvalue weighted by molar-refractivity contribution is 0.0994. The number of carbonyl (C=O) groups excluding carboxylic acids is 1. The lowest BCUT2D eigenvalue weighted by atomic mass is 10.1. The summed E-state index contributed by atoms with van der Waals surface area (Å²) in [5.41, 5.74) is 1.80. The first-order chi connectivity index (χ1) is 6.65. The van der Waals surface area contributed by atoms with Crippen LogP contribution in [0, 0.1) is 17.6 Å². The van der Waals surface area contributed by atoms with Gasteiger partial charge < -0.3 is 0 Å². The number of benzene rings is 1. The average Bonchev–Trinajstić information content (AvgIpc) is 2.18. The largest absolute Gasteiger partial charge is 0.293 e. The molecule has 1 rings (SSSR count). The van der Waals surface area contributed by atoms with Crippen LogP contribution in [0.25, 0.3) is 0 Å². The second kappa shape index (κ2) is 4.83. The van der Waals surface area contributed by atoms with Gasteiger partial charge in [0.1, 0.15) is 5.40 Å². The van der Waals surface area contributed by atoms with Gasteiger partial charge in [0.25, 0.3) is 0 Å². The third-order valence-corrected chi connectivity index (χ3v) is 2.61. The number of carbonyl (C=O) groups is 1. The summed E-state index contributed by atoms with van der Waals surface area (Å²) >= 11 is 0.994. The third kappa shape index (κ3) is 2.61. The van der Waals surface area contributed by atoms with Crippen molar-refractivity contribution in [3.05, 3.63) is 35.4 Å². The van der Waals surface area contributed by atoms with Gasteiger partial charge in [0, 0.05) is 5.56 Å². The highest BCUT2D eigenvalue weighted by Crippen LogP contribution is 2.15. The van der Waals surface area contributed by atoms with Crippen LogP contribution in [0.2, 0.25) is 0 Å². The van der Waals surface area contributed by atoms with E-state index in [0.29, 0.717) is 5.56 Å². The molecule has 1 aromatic rings. The number of thiocyanates is 1. The predicted octanol–water partition coefficient (Wildman–Crippen LogP) is 2.78. The lowest BCUT2D eigenvalue weighted by Gasteiger charge is -2.05. The summed E-state index contributed by atoms with van der Waals surface area (Å²) in [6.45, 7) is 3.72. The maximum Gasteiger partial charge on any atom is 0.176 e. The summed E-state index contributed by atoms with van der Waals surface area (Å²) in [5, 5.41) is 10.1. The second-order valence-corrected chi connectivity index (χ2v) is 4.21. The van der Waals surface area contributed by atoms with Crippen LogP contribution in [0.3, 0.4) is 0 Å². The minimum absolute atomic E-state index is 0.0107. The molecule has 0 amide bonds. The zero-order valence-electron chi connectivity index (χ0n) is 8.15. The van der Waals surface area contributed by atoms with E-state index in [2.05, 4.69) is 0 Å². The average molecular weight is 205 g/mol. The molecule has 1 unspecified atom stereocenters. The monoisotopic (exact) mass is 205 g/mol. The molecule has 1 atom stereocenters. The van der Waals surface area contributed by atoms with E-state index in [4.69, 9.17) is 5.26 Å². The molecule has 0 aromatic heterocycles. The van der Waals surface area contributed by atoms with E-state index in [-0.39, 0.29) is 11.0 Å². The van der Waals surface area contributed by atoms with Crippen molar-refractivity contribution < 1.29 is 4.79 Å². The van der Waals surface area contributed by atoms with Crippen molar-refractivity contribution in [2.24, 2.45) is 0 Å². The molecule has 0 radical (unpaired) electrons. The Morgan fingerprint density at radius 3 is 2.50 bits per heavy atom. The summed E-state index contributed by atoms with van der Waals surface area (Å²) in [4.78, 5) is 11.7. The Bertz CT molecular complexity index is 364. The Kier molecular flexibility index (Phi) is 3.73. The highest BCUT2D eigenvalue weighted by Gasteiger charge is 2.14. The molecular weight excluding hydrogens is 194 g/mol. The molecule has 0 N–H and O–H groups in total. The molecule has 14 heavy (non-hydrogen) atoms. The van der Waals surface area contributed by atoms with Gasteiger partial charge in [-0.3, -0.25) is 4.79 Å². The molecule has 0 bridgehead atoms. The normalized spacial score (nSPS) is 11.8. The van der Waals surface area contributed by atoms with E-state index in [1.54, 1.807) is 19.1 Å². The first-order valence-electron chi connectivity index (χ1n) is 4.30. The van der Waals surface area contributed by atoms with E-state index in [1.165, 1.54) is 0 Å². The quantitative estimate of drug-likeness (QED) is 0.562. The van der Waals surface area contributed by atoms with E-state index < -0.39 is 0 Å². The molecule has 0 heterocycles. The van der Waals surface area contributed by atoms with Crippen LogP contribution in [-0.4, -0.2) is 11.0 Å². The van der Waals surface area contributed by atoms with Gasteiger partial charge >= 0.3 is 0 Å². The Hall–Kier alpha value is -1.27. The van der Waals surface area contributed by atoms with Gasteiger partial charge in [-0.1, -0.05) is 29.8 Å². The molecule has 0 fully saturated rings. The summed E-state index contributed by atoms with van der Waals surface area (Å²) in [5.74, 6) is 0.0107. The van der Waals surface area contributed by atoms with E-state index in [9.17, 15) is 4.79 Å². The summed E-state index contributed by atoms with van der Waals surface area (Å²) in [6, 6.07) is 7.40. The second-order valence-electron chi connectivity index (χ2n) is 3.08. The van der Waals surface area contributed by atoms with Crippen molar-refractivity contribution in [3.63, 3.8) is 0 Å². The number of nitriles is 1. The van der Waals surface area contributed by atoms with E-state index >= 15 is 0 Å².